The van der Waals surface area contributed by atoms with Crippen LogP contribution in [0.25, 0.3) is 0 Å². The average Bonchev–Trinajstić information content (AvgIpc) is 2.55. The highest BCUT2D eigenvalue weighted by Crippen LogP contribution is 2.18. The molecule has 0 aromatic heterocycles. The number of nitrogens with one attached hydrogen (secondary N) is 2. The van der Waals surface area contributed by atoms with E-state index in [2.05, 4.69) is 10.6 Å². The highest BCUT2D eigenvalue weighted by atomic mass is 16.6. The first-order chi connectivity index (χ1) is 11.0. The highest BCUT2D eigenvalue weighted by Gasteiger charge is 2.17. The van der Waals surface area contributed by atoms with Crippen molar-refractivity contribution in [2.24, 2.45) is 0 Å². The van der Waals surface area contributed by atoms with Gasteiger partial charge in [0, 0.05) is 30.3 Å². The van der Waals surface area contributed by atoms with Crippen LogP contribution in [0, 0.1) is 17.0 Å². The molecule has 0 saturated carbocycles. The van der Waals surface area contributed by atoms with E-state index in [1.807, 2.05) is 0 Å². The van der Waals surface area contributed by atoms with E-state index in [9.17, 15) is 19.7 Å². The minimum Gasteiger partial charge on any atom is -0.378 e. The lowest BCUT2D eigenvalue weighted by Crippen LogP contribution is -2.49. The van der Waals surface area contributed by atoms with Crippen LogP contribution in [-0.4, -0.2) is 54.7 Å². The Bertz CT molecular complexity index is 613. The molecule has 2 N–H and O–H groups in total. The number of nitro groups is 1. The predicted molar refractivity (Wildman–Crippen MR) is 81.1 cm³/mol. The first-order valence-electron chi connectivity index (χ1n) is 7.13. The molecule has 23 heavy (non-hydrogen) atoms. The van der Waals surface area contributed by atoms with E-state index in [0.29, 0.717) is 37.4 Å². The number of rotatable bonds is 4. The molecule has 2 rings (SSSR count). The standard InChI is InChI=1S/C14H18N4O5/c1-10-8-11(2-3-12(10)18(21)22)13(19)15-9-16-14(20)17-4-6-23-7-5-17/h2-3,8H,4-7,9H2,1H3,(H,15,19)(H,16,20). The smallest absolute Gasteiger partial charge is 0.318 e. The molecule has 1 saturated heterocycles. The highest BCUT2D eigenvalue weighted by molar-refractivity contribution is 5.94. The molecule has 0 aliphatic carbocycles. The number of benzene rings is 1. The molecule has 1 heterocycles. The second-order valence-electron chi connectivity index (χ2n) is 5.02. The number of hydrogen-bond donors (Lipinski definition) is 2. The van der Waals surface area contributed by atoms with E-state index in [1.165, 1.54) is 18.2 Å². The van der Waals surface area contributed by atoms with Crippen LogP contribution in [0.2, 0.25) is 0 Å². The molecule has 0 unspecified atom stereocenters. The Hall–Kier alpha value is -2.68. The summed E-state index contributed by atoms with van der Waals surface area (Å²) >= 11 is 0. The summed E-state index contributed by atoms with van der Waals surface area (Å²) in [5.41, 5.74) is 0.663. The summed E-state index contributed by atoms with van der Waals surface area (Å²) in [6.45, 7) is 3.58. The topological polar surface area (TPSA) is 114 Å². The minimum absolute atomic E-state index is 0.0228. The minimum atomic E-state index is -0.500. The largest absolute Gasteiger partial charge is 0.378 e. The van der Waals surface area contributed by atoms with E-state index in [1.54, 1.807) is 11.8 Å². The van der Waals surface area contributed by atoms with Crippen LogP contribution >= 0.6 is 0 Å². The van der Waals surface area contributed by atoms with E-state index in [-0.39, 0.29) is 18.4 Å². The number of carbonyl (C=O) groups is 2. The summed E-state index contributed by atoms with van der Waals surface area (Å²) in [6.07, 6.45) is 0. The molecule has 0 atom stereocenters. The second-order valence-corrected chi connectivity index (χ2v) is 5.02. The quantitative estimate of drug-likeness (QED) is 0.479. The van der Waals surface area contributed by atoms with Gasteiger partial charge in [0.15, 0.2) is 0 Å². The lowest BCUT2D eigenvalue weighted by molar-refractivity contribution is -0.385. The maximum atomic E-state index is 12.0. The molecule has 9 heteroatoms. The molecule has 3 amide bonds. The SMILES string of the molecule is Cc1cc(C(=O)NCNC(=O)N2CCOCC2)ccc1[N+](=O)[O-]. The van der Waals surface area contributed by atoms with Crippen LogP contribution in [0.5, 0.6) is 0 Å². The fourth-order valence-electron chi connectivity index (χ4n) is 2.18. The van der Waals surface area contributed by atoms with E-state index < -0.39 is 10.8 Å². The number of hydrogen-bond acceptors (Lipinski definition) is 5. The number of nitrogens with zero attached hydrogens (tertiary/aromatic N) is 2. The van der Waals surface area contributed by atoms with Crippen molar-refractivity contribution in [3.63, 3.8) is 0 Å². The van der Waals surface area contributed by atoms with Crippen LogP contribution in [-0.2, 0) is 4.74 Å². The molecule has 9 nitrogen and oxygen atoms in total. The van der Waals surface area contributed by atoms with Gasteiger partial charge < -0.3 is 20.3 Å². The van der Waals surface area contributed by atoms with Crippen molar-refractivity contribution in [3.8, 4) is 0 Å². The third kappa shape index (κ3) is 4.39. The van der Waals surface area contributed by atoms with Gasteiger partial charge in [-0.2, -0.15) is 0 Å². The fraction of sp³-hybridized carbons (Fsp3) is 0.429. The molecule has 1 aliphatic heterocycles. The molecule has 0 spiro atoms. The van der Waals surface area contributed by atoms with E-state index >= 15 is 0 Å². The Morgan fingerprint density at radius 1 is 1.30 bits per heavy atom. The Balaban J connectivity index is 1.83. The molecular formula is C14H18N4O5. The van der Waals surface area contributed by atoms with Crippen molar-refractivity contribution < 1.29 is 19.2 Å². The van der Waals surface area contributed by atoms with Gasteiger partial charge in [-0.1, -0.05) is 0 Å². The van der Waals surface area contributed by atoms with E-state index in [0.717, 1.165) is 0 Å². The van der Waals surface area contributed by atoms with Gasteiger partial charge in [-0.3, -0.25) is 14.9 Å². The van der Waals surface area contributed by atoms with Gasteiger partial charge in [-0.15, -0.1) is 0 Å². The molecule has 1 fully saturated rings. The lowest BCUT2D eigenvalue weighted by atomic mass is 10.1. The summed E-state index contributed by atoms with van der Waals surface area (Å²) in [5.74, 6) is -0.412. The van der Waals surface area contributed by atoms with Crippen LogP contribution in [0.3, 0.4) is 0 Å². The van der Waals surface area contributed by atoms with Gasteiger partial charge in [0.2, 0.25) is 0 Å². The molecule has 1 aliphatic rings. The second kappa shape index (κ2) is 7.54. The summed E-state index contributed by atoms with van der Waals surface area (Å²) in [6, 6.07) is 3.84. The number of aryl methyl sites for hydroxylation is 1. The van der Waals surface area contributed by atoms with Gasteiger partial charge in [0.1, 0.15) is 0 Å². The van der Waals surface area contributed by atoms with Gasteiger partial charge in [0.25, 0.3) is 11.6 Å². The van der Waals surface area contributed by atoms with Gasteiger partial charge in [0.05, 0.1) is 24.8 Å². The molecule has 124 valence electrons. The third-order valence-electron chi connectivity index (χ3n) is 3.44. The number of urea groups is 1. The normalized spacial score (nSPS) is 14.2. The fourth-order valence-corrected chi connectivity index (χ4v) is 2.18. The first-order valence-corrected chi connectivity index (χ1v) is 7.13. The van der Waals surface area contributed by atoms with Gasteiger partial charge in [-0.25, -0.2) is 4.79 Å². The molecule has 0 radical (unpaired) electrons. The van der Waals surface area contributed by atoms with Crippen molar-refractivity contribution in [2.75, 3.05) is 33.0 Å². The molecule has 1 aromatic rings. The molecule has 1 aromatic carbocycles. The van der Waals surface area contributed by atoms with Crippen molar-refractivity contribution in [2.45, 2.75) is 6.92 Å². The van der Waals surface area contributed by atoms with Gasteiger partial charge in [-0.05, 0) is 19.1 Å². The van der Waals surface area contributed by atoms with Crippen LogP contribution < -0.4 is 10.6 Å². The summed E-state index contributed by atoms with van der Waals surface area (Å²) in [5, 5.41) is 15.9. The molecular weight excluding hydrogens is 304 g/mol. The van der Waals surface area contributed by atoms with Crippen LogP contribution in [0.15, 0.2) is 18.2 Å². The third-order valence-corrected chi connectivity index (χ3v) is 3.44. The van der Waals surface area contributed by atoms with Crippen molar-refractivity contribution >= 4 is 17.6 Å². The lowest BCUT2D eigenvalue weighted by Gasteiger charge is -2.26. The number of carbonyl (C=O) groups excluding carboxylic acids is 2. The van der Waals surface area contributed by atoms with Gasteiger partial charge >= 0.3 is 6.03 Å². The van der Waals surface area contributed by atoms with Crippen LogP contribution in [0.4, 0.5) is 10.5 Å². The maximum absolute atomic E-state index is 12.0. The maximum Gasteiger partial charge on any atom is 0.318 e. The first kappa shape index (κ1) is 16.7. The zero-order valence-corrected chi connectivity index (χ0v) is 12.7. The summed E-state index contributed by atoms with van der Waals surface area (Å²) in [7, 11) is 0. The Morgan fingerprint density at radius 3 is 2.61 bits per heavy atom. The average molecular weight is 322 g/mol. The Morgan fingerprint density at radius 2 is 2.00 bits per heavy atom. The number of ether oxygens (including phenoxy) is 1. The summed E-state index contributed by atoms with van der Waals surface area (Å²) in [4.78, 5) is 35.6. The van der Waals surface area contributed by atoms with Crippen molar-refractivity contribution in [1.29, 1.82) is 0 Å². The molecule has 0 bridgehead atoms. The Labute approximate surface area is 132 Å². The van der Waals surface area contributed by atoms with E-state index in [4.69, 9.17) is 4.74 Å². The van der Waals surface area contributed by atoms with Crippen LogP contribution in [0.1, 0.15) is 15.9 Å². The number of nitro benzene ring substituents is 1. The monoisotopic (exact) mass is 322 g/mol. The zero-order valence-electron chi connectivity index (χ0n) is 12.7. The van der Waals surface area contributed by atoms with Crippen molar-refractivity contribution in [1.82, 2.24) is 15.5 Å². The van der Waals surface area contributed by atoms with Crippen molar-refractivity contribution in [3.05, 3.63) is 39.4 Å². The number of amides is 3. The zero-order chi connectivity index (χ0) is 16.8. The number of morpholine rings is 1. The predicted octanol–water partition coefficient (Wildman–Crippen LogP) is 0.632. The summed E-state index contributed by atoms with van der Waals surface area (Å²) < 4.78 is 5.15. The Kier molecular flexibility index (Phi) is 5.47.